The van der Waals surface area contributed by atoms with E-state index in [0.29, 0.717) is 16.7 Å². The number of rotatable bonds is 3. The fourth-order valence-corrected chi connectivity index (χ4v) is 4.77. The maximum Gasteiger partial charge on any atom is 0.266 e. The Balaban J connectivity index is 0.00000245. The number of nitrogens with zero attached hydrogens (tertiary/aromatic N) is 2. The van der Waals surface area contributed by atoms with Gasteiger partial charge in [-0.05, 0) is 64.2 Å². The molecule has 5 rings (SSSR count). The molecule has 0 bridgehead atoms. The Labute approximate surface area is 202 Å². The molecule has 0 spiro atoms. The largest absolute Gasteiger partial charge is 0.493 e. The van der Waals surface area contributed by atoms with Crippen molar-refractivity contribution in [3.63, 3.8) is 0 Å². The lowest BCUT2D eigenvalue weighted by Crippen LogP contribution is -2.41. The standard InChI is InChI=1S/C24H19Cl2N3O2.ClH/c1-29-22(30)24(28-23(29)27,18-5-6-21-15(10-18)7-8-31-21)17-4-2-3-14(9-17)16-11-19(25)13-20(26)12-16;/h2-6,9-13H,7-8H2,1H3,(H2,27,28);1H. The molecule has 2 N–H and O–H groups in total. The zero-order valence-electron chi connectivity index (χ0n) is 17.1. The van der Waals surface area contributed by atoms with Crippen LogP contribution in [0.15, 0.2) is 65.7 Å². The molecule has 0 aliphatic carbocycles. The Hall–Kier alpha value is -2.73. The summed E-state index contributed by atoms with van der Waals surface area (Å²) in [4.78, 5) is 19.6. The highest BCUT2D eigenvalue weighted by atomic mass is 35.5. The molecule has 0 saturated heterocycles. The van der Waals surface area contributed by atoms with Crippen LogP contribution in [0.3, 0.4) is 0 Å². The molecule has 3 aromatic rings. The molecule has 5 nitrogen and oxygen atoms in total. The third kappa shape index (κ3) is 3.51. The van der Waals surface area contributed by atoms with Gasteiger partial charge in [0.25, 0.3) is 5.91 Å². The first-order valence-corrected chi connectivity index (χ1v) is 10.6. The van der Waals surface area contributed by atoms with Crippen LogP contribution in [0.25, 0.3) is 11.1 Å². The first-order valence-electron chi connectivity index (χ1n) is 9.85. The summed E-state index contributed by atoms with van der Waals surface area (Å²) in [5.74, 6) is 0.820. The highest BCUT2D eigenvalue weighted by Crippen LogP contribution is 2.42. The van der Waals surface area contributed by atoms with Gasteiger partial charge in [-0.1, -0.05) is 47.5 Å². The van der Waals surface area contributed by atoms with Crippen LogP contribution in [0, 0.1) is 0 Å². The lowest BCUT2D eigenvalue weighted by atomic mass is 9.81. The van der Waals surface area contributed by atoms with Gasteiger partial charge in [0.15, 0.2) is 11.5 Å². The molecule has 2 aliphatic rings. The molecule has 1 atom stereocenters. The highest BCUT2D eigenvalue weighted by Gasteiger charge is 2.49. The number of fused-ring (bicyclic) bond motifs is 1. The smallest absolute Gasteiger partial charge is 0.266 e. The third-order valence-corrected chi connectivity index (χ3v) is 6.26. The predicted molar refractivity (Wildman–Crippen MR) is 130 cm³/mol. The van der Waals surface area contributed by atoms with E-state index < -0.39 is 5.54 Å². The average Bonchev–Trinajstić information content (AvgIpc) is 3.31. The molecular weight excluding hydrogens is 469 g/mol. The molecule has 164 valence electrons. The van der Waals surface area contributed by atoms with Crippen molar-refractivity contribution in [3.8, 4) is 16.9 Å². The normalized spacial score (nSPS) is 19.3. The third-order valence-electron chi connectivity index (χ3n) is 5.82. The number of amides is 1. The van der Waals surface area contributed by atoms with Gasteiger partial charge in [-0.2, -0.15) is 0 Å². The number of likely N-dealkylation sites (N-methyl/N-ethyl adjacent to an activating group) is 1. The number of carbonyl (C=O) groups is 1. The van der Waals surface area contributed by atoms with Gasteiger partial charge in [0.2, 0.25) is 0 Å². The molecule has 8 heteroatoms. The van der Waals surface area contributed by atoms with Crippen molar-refractivity contribution in [1.29, 1.82) is 0 Å². The Morgan fingerprint density at radius 1 is 1.00 bits per heavy atom. The molecular formula is C24H20Cl3N3O2. The maximum atomic E-state index is 13.6. The van der Waals surface area contributed by atoms with Gasteiger partial charge in [0.1, 0.15) is 5.75 Å². The van der Waals surface area contributed by atoms with Gasteiger partial charge in [-0.3, -0.25) is 9.69 Å². The van der Waals surface area contributed by atoms with E-state index in [4.69, 9.17) is 38.7 Å². The van der Waals surface area contributed by atoms with Gasteiger partial charge in [0, 0.05) is 23.5 Å². The second-order valence-electron chi connectivity index (χ2n) is 7.70. The van der Waals surface area contributed by atoms with Crippen molar-refractivity contribution >= 4 is 47.5 Å². The number of halogens is 3. The van der Waals surface area contributed by atoms with Crippen molar-refractivity contribution in [2.24, 2.45) is 10.7 Å². The van der Waals surface area contributed by atoms with E-state index in [1.165, 1.54) is 4.90 Å². The SMILES string of the molecule is CN1C(=O)C(c2cccc(-c3cc(Cl)cc(Cl)c3)c2)(c2ccc3c(c2)CCO3)N=C1N.Cl. The average molecular weight is 489 g/mol. The first-order chi connectivity index (χ1) is 14.9. The summed E-state index contributed by atoms with van der Waals surface area (Å²) in [7, 11) is 1.64. The minimum absolute atomic E-state index is 0. The van der Waals surface area contributed by atoms with E-state index in [1.54, 1.807) is 13.1 Å². The van der Waals surface area contributed by atoms with Gasteiger partial charge in [0.05, 0.1) is 6.61 Å². The minimum atomic E-state index is -1.27. The summed E-state index contributed by atoms with van der Waals surface area (Å²) in [6.45, 7) is 0.635. The van der Waals surface area contributed by atoms with Crippen molar-refractivity contribution in [1.82, 2.24) is 4.90 Å². The topological polar surface area (TPSA) is 67.9 Å². The number of hydrogen-bond donors (Lipinski definition) is 1. The second-order valence-corrected chi connectivity index (χ2v) is 8.58. The number of nitrogens with two attached hydrogens (primary N) is 1. The lowest BCUT2D eigenvalue weighted by molar-refractivity contribution is -0.129. The molecule has 0 radical (unpaired) electrons. The fourth-order valence-electron chi connectivity index (χ4n) is 4.24. The van der Waals surface area contributed by atoms with Crippen molar-refractivity contribution in [3.05, 3.63) is 87.4 Å². The predicted octanol–water partition coefficient (Wildman–Crippen LogP) is 5.05. The molecule has 0 saturated carbocycles. The lowest BCUT2D eigenvalue weighted by Gasteiger charge is -2.27. The van der Waals surface area contributed by atoms with Crippen LogP contribution in [0.5, 0.6) is 5.75 Å². The zero-order valence-corrected chi connectivity index (χ0v) is 19.5. The molecule has 2 heterocycles. The number of carbonyl (C=O) groups excluding carboxylic acids is 1. The number of benzene rings is 3. The van der Waals surface area contributed by atoms with Gasteiger partial charge < -0.3 is 10.5 Å². The molecule has 0 aromatic heterocycles. The Morgan fingerprint density at radius 2 is 1.72 bits per heavy atom. The molecule has 0 fully saturated rings. The monoisotopic (exact) mass is 487 g/mol. The quantitative estimate of drug-likeness (QED) is 0.561. The summed E-state index contributed by atoms with van der Waals surface area (Å²) < 4.78 is 5.64. The van der Waals surface area contributed by atoms with E-state index in [9.17, 15) is 4.79 Å². The van der Waals surface area contributed by atoms with Crippen LogP contribution in [-0.4, -0.2) is 30.4 Å². The van der Waals surface area contributed by atoms with Crippen LogP contribution in [0.4, 0.5) is 0 Å². The number of ether oxygens (including phenoxy) is 1. The van der Waals surface area contributed by atoms with Crippen molar-refractivity contribution in [2.45, 2.75) is 12.0 Å². The Kier molecular flexibility index (Phi) is 5.84. The summed E-state index contributed by atoms with van der Waals surface area (Å²) in [5.41, 5.74) is 9.12. The molecule has 2 aliphatic heterocycles. The molecule has 3 aromatic carbocycles. The first kappa shape index (κ1) is 22.5. The van der Waals surface area contributed by atoms with Crippen molar-refractivity contribution in [2.75, 3.05) is 13.7 Å². The number of aliphatic imine (C=N–C) groups is 1. The Bertz CT molecular complexity index is 1240. The molecule has 32 heavy (non-hydrogen) atoms. The fraction of sp³-hybridized carbons (Fsp3) is 0.167. The summed E-state index contributed by atoms with van der Waals surface area (Å²) in [6.07, 6.45) is 0.795. The highest BCUT2D eigenvalue weighted by molar-refractivity contribution is 6.35. The zero-order chi connectivity index (χ0) is 21.8. The van der Waals surface area contributed by atoms with Gasteiger partial charge >= 0.3 is 0 Å². The van der Waals surface area contributed by atoms with E-state index in [-0.39, 0.29) is 24.3 Å². The second kappa shape index (κ2) is 8.32. The number of guanidine groups is 1. The van der Waals surface area contributed by atoms with E-state index >= 15 is 0 Å². The Morgan fingerprint density at radius 3 is 2.41 bits per heavy atom. The van der Waals surface area contributed by atoms with E-state index in [1.807, 2.05) is 54.6 Å². The summed E-state index contributed by atoms with van der Waals surface area (Å²) in [5, 5.41) is 1.08. The van der Waals surface area contributed by atoms with Crippen LogP contribution in [0.2, 0.25) is 10.0 Å². The van der Waals surface area contributed by atoms with Crippen molar-refractivity contribution < 1.29 is 9.53 Å². The summed E-state index contributed by atoms with van der Waals surface area (Å²) in [6, 6.07) is 18.8. The van der Waals surface area contributed by atoms with Crippen LogP contribution in [0.1, 0.15) is 16.7 Å². The van der Waals surface area contributed by atoms with Crippen LogP contribution < -0.4 is 10.5 Å². The van der Waals surface area contributed by atoms with Gasteiger partial charge in [-0.15, -0.1) is 12.4 Å². The van der Waals surface area contributed by atoms with E-state index in [0.717, 1.165) is 40.0 Å². The van der Waals surface area contributed by atoms with Crippen LogP contribution >= 0.6 is 35.6 Å². The molecule has 1 unspecified atom stereocenters. The van der Waals surface area contributed by atoms with Gasteiger partial charge in [-0.25, -0.2) is 4.99 Å². The van der Waals surface area contributed by atoms with Crippen LogP contribution in [-0.2, 0) is 16.8 Å². The maximum absolute atomic E-state index is 13.6. The summed E-state index contributed by atoms with van der Waals surface area (Å²) >= 11 is 12.4. The minimum Gasteiger partial charge on any atom is -0.493 e. The van der Waals surface area contributed by atoms with E-state index in [2.05, 4.69) is 0 Å². The molecule has 1 amide bonds. The number of hydrogen-bond acceptors (Lipinski definition) is 4.